The Labute approximate surface area is 161 Å². The quantitative estimate of drug-likeness (QED) is 0.498. The molecule has 0 aliphatic carbocycles. The van der Waals surface area contributed by atoms with Gasteiger partial charge in [0.2, 0.25) is 5.95 Å². The maximum atomic E-state index is 13.4. The molecular formula is C21H21F3N4. The third-order valence-corrected chi connectivity index (χ3v) is 4.13. The highest BCUT2D eigenvalue weighted by molar-refractivity contribution is 5.63. The number of anilines is 4. The van der Waals surface area contributed by atoms with Crippen LogP contribution in [0.25, 0.3) is 0 Å². The van der Waals surface area contributed by atoms with Gasteiger partial charge in [-0.1, -0.05) is 43.7 Å². The van der Waals surface area contributed by atoms with Crippen LogP contribution >= 0.6 is 0 Å². The van der Waals surface area contributed by atoms with Crippen LogP contribution in [0.15, 0.2) is 60.8 Å². The number of hydrogen-bond acceptors (Lipinski definition) is 4. The number of aryl methyl sites for hydroxylation is 1. The molecule has 4 nitrogen and oxygen atoms in total. The van der Waals surface area contributed by atoms with Gasteiger partial charge in [-0.15, -0.1) is 0 Å². The van der Waals surface area contributed by atoms with Crippen LogP contribution in [-0.2, 0) is 12.6 Å². The third kappa shape index (κ3) is 5.22. The summed E-state index contributed by atoms with van der Waals surface area (Å²) in [5, 5.41) is 5.73. The van der Waals surface area contributed by atoms with Crippen molar-refractivity contribution in [3.05, 3.63) is 71.9 Å². The molecule has 0 bridgehead atoms. The van der Waals surface area contributed by atoms with E-state index >= 15 is 0 Å². The lowest BCUT2D eigenvalue weighted by Crippen LogP contribution is -2.12. The molecule has 1 heterocycles. The topological polar surface area (TPSA) is 49.8 Å². The summed E-state index contributed by atoms with van der Waals surface area (Å²) in [6.45, 7) is 2.10. The normalized spacial score (nSPS) is 11.3. The predicted octanol–water partition coefficient (Wildman–Crippen LogP) is 6.33. The monoisotopic (exact) mass is 386 g/mol. The van der Waals surface area contributed by atoms with Crippen molar-refractivity contribution in [3.8, 4) is 0 Å². The van der Waals surface area contributed by atoms with E-state index in [4.69, 9.17) is 0 Å². The Morgan fingerprint density at radius 3 is 2.39 bits per heavy atom. The molecule has 7 heteroatoms. The molecule has 0 aliphatic rings. The summed E-state index contributed by atoms with van der Waals surface area (Å²) in [4.78, 5) is 7.89. The van der Waals surface area contributed by atoms with E-state index in [-0.39, 0.29) is 11.8 Å². The summed E-state index contributed by atoms with van der Waals surface area (Å²) >= 11 is 0. The molecule has 2 aromatic carbocycles. The number of para-hydroxylation sites is 1. The number of nitrogens with one attached hydrogen (secondary N) is 2. The fraction of sp³-hybridized carbons (Fsp3) is 0.238. The molecule has 2 N–H and O–H groups in total. The van der Waals surface area contributed by atoms with E-state index in [2.05, 4.69) is 27.5 Å². The van der Waals surface area contributed by atoms with E-state index in [0.717, 1.165) is 31.0 Å². The van der Waals surface area contributed by atoms with Crippen molar-refractivity contribution in [1.82, 2.24) is 9.97 Å². The molecule has 0 aliphatic heterocycles. The molecule has 1 aromatic heterocycles. The van der Waals surface area contributed by atoms with Gasteiger partial charge in [0, 0.05) is 17.6 Å². The molecule has 146 valence electrons. The number of hydrogen-bond donors (Lipinski definition) is 2. The van der Waals surface area contributed by atoms with E-state index in [9.17, 15) is 13.2 Å². The number of aromatic nitrogens is 2. The number of benzene rings is 2. The predicted molar refractivity (Wildman–Crippen MR) is 105 cm³/mol. The summed E-state index contributed by atoms with van der Waals surface area (Å²) in [6, 6.07) is 16.4. The van der Waals surface area contributed by atoms with E-state index in [1.807, 2.05) is 36.4 Å². The number of nitrogens with zero attached hydrogens (tertiary/aromatic N) is 2. The molecule has 3 rings (SSSR count). The van der Waals surface area contributed by atoms with Gasteiger partial charge in [0.25, 0.3) is 0 Å². The van der Waals surface area contributed by atoms with Crippen LogP contribution in [0, 0.1) is 0 Å². The van der Waals surface area contributed by atoms with Crippen molar-refractivity contribution in [2.24, 2.45) is 0 Å². The Morgan fingerprint density at radius 1 is 0.929 bits per heavy atom. The first-order valence-electron chi connectivity index (χ1n) is 9.08. The van der Waals surface area contributed by atoms with Crippen molar-refractivity contribution >= 4 is 23.1 Å². The number of alkyl halides is 3. The van der Waals surface area contributed by atoms with Gasteiger partial charge < -0.3 is 10.6 Å². The van der Waals surface area contributed by atoms with Gasteiger partial charge in [-0.3, -0.25) is 0 Å². The van der Waals surface area contributed by atoms with Crippen molar-refractivity contribution in [2.45, 2.75) is 32.4 Å². The molecule has 28 heavy (non-hydrogen) atoms. The van der Waals surface area contributed by atoms with Crippen LogP contribution in [0.2, 0.25) is 0 Å². The summed E-state index contributed by atoms with van der Waals surface area (Å²) in [5.41, 5.74) is 1.40. The number of halogens is 3. The minimum absolute atomic E-state index is 0.0869. The molecule has 0 unspecified atom stereocenters. The highest BCUT2D eigenvalue weighted by Crippen LogP contribution is 2.35. The Bertz CT molecular complexity index is 911. The van der Waals surface area contributed by atoms with Gasteiger partial charge in [0.1, 0.15) is 11.4 Å². The van der Waals surface area contributed by atoms with Crippen LogP contribution in [0.1, 0.15) is 30.9 Å². The van der Waals surface area contributed by atoms with E-state index in [1.165, 1.54) is 0 Å². The third-order valence-electron chi connectivity index (χ3n) is 4.13. The van der Waals surface area contributed by atoms with Crippen LogP contribution in [0.3, 0.4) is 0 Å². The summed E-state index contributed by atoms with van der Waals surface area (Å²) in [7, 11) is 0. The van der Waals surface area contributed by atoms with Gasteiger partial charge in [0.15, 0.2) is 0 Å². The standard InChI is InChI=1S/C21H21F3N4/c1-2-3-8-15-9-7-12-17(13-15)26-19-18(21(22,23)24)14-25-20(28-19)27-16-10-5-4-6-11-16/h4-7,9-14H,2-3,8H2,1H3,(H2,25,26,27,28). The molecule has 0 radical (unpaired) electrons. The highest BCUT2D eigenvalue weighted by Gasteiger charge is 2.35. The number of rotatable bonds is 7. The molecule has 0 fully saturated rings. The lowest BCUT2D eigenvalue weighted by atomic mass is 10.1. The van der Waals surface area contributed by atoms with E-state index in [0.29, 0.717) is 11.4 Å². The SMILES string of the molecule is CCCCc1cccc(Nc2nc(Nc3ccccc3)ncc2C(F)(F)F)c1. The number of unbranched alkanes of at least 4 members (excludes halogenated alkanes) is 1. The maximum Gasteiger partial charge on any atom is 0.421 e. The van der Waals surface area contributed by atoms with Gasteiger partial charge in [-0.2, -0.15) is 18.2 Å². The average Bonchev–Trinajstić information content (AvgIpc) is 2.67. The lowest BCUT2D eigenvalue weighted by molar-refractivity contribution is -0.137. The van der Waals surface area contributed by atoms with Crippen molar-refractivity contribution < 1.29 is 13.2 Å². The average molecular weight is 386 g/mol. The summed E-state index contributed by atoms with van der Waals surface area (Å²) in [6.07, 6.45) is -0.816. The second-order valence-electron chi connectivity index (χ2n) is 6.37. The first-order valence-corrected chi connectivity index (χ1v) is 9.08. The smallest absolute Gasteiger partial charge is 0.340 e. The zero-order valence-corrected chi connectivity index (χ0v) is 15.4. The molecule has 0 saturated heterocycles. The van der Waals surface area contributed by atoms with Crippen LogP contribution in [-0.4, -0.2) is 9.97 Å². The van der Waals surface area contributed by atoms with Gasteiger partial charge >= 0.3 is 6.18 Å². The van der Waals surface area contributed by atoms with Gasteiger partial charge in [-0.05, 0) is 42.7 Å². The molecule has 0 atom stereocenters. The Balaban J connectivity index is 1.89. The first kappa shape index (κ1) is 19.7. The van der Waals surface area contributed by atoms with Crippen LogP contribution < -0.4 is 10.6 Å². The van der Waals surface area contributed by atoms with Gasteiger partial charge in [0.05, 0.1) is 0 Å². The minimum Gasteiger partial charge on any atom is -0.340 e. The Morgan fingerprint density at radius 2 is 1.68 bits per heavy atom. The highest BCUT2D eigenvalue weighted by atomic mass is 19.4. The fourth-order valence-electron chi connectivity index (χ4n) is 2.72. The van der Waals surface area contributed by atoms with Crippen molar-refractivity contribution in [2.75, 3.05) is 10.6 Å². The molecule has 3 aromatic rings. The van der Waals surface area contributed by atoms with Gasteiger partial charge in [-0.25, -0.2) is 4.98 Å². The first-order chi connectivity index (χ1) is 13.5. The maximum absolute atomic E-state index is 13.4. The molecule has 0 saturated carbocycles. The summed E-state index contributed by atoms with van der Waals surface area (Å²) in [5.74, 6) is -0.197. The Hall–Kier alpha value is -3.09. The van der Waals surface area contributed by atoms with Crippen LogP contribution in [0.5, 0.6) is 0 Å². The second-order valence-corrected chi connectivity index (χ2v) is 6.37. The zero-order chi connectivity index (χ0) is 20.0. The van der Waals surface area contributed by atoms with E-state index in [1.54, 1.807) is 18.2 Å². The van der Waals surface area contributed by atoms with Crippen LogP contribution in [0.4, 0.5) is 36.3 Å². The second kappa shape index (κ2) is 8.73. The van der Waals surface area contributed by atoms with Crippen molar-refractivity contribution in [3.63, 3.8) is 0 Å². The lowest BCUT2D eigenvalue weighted by Gasteiger charge is -2.15. The fourth-order valence-corrected chi connectivity index (χ4v) is 2.72. The molecule has 0 spiro atoms. The van der Waals surface area contributed by atoms with E-state index < -0.39 is 11.7 Å². The minimum atomic E-state index is -4.56. The largest absolute Gasteiger partial charge is 0.421 e. The molecule has 0 amide bonds. The summed E-state index contributed by atoms with van der Waals surface area (Å²) < 4.78 is 40.2. The Kier molecular flexibility index (Phi) is 6.13. The molecular weight excluding hydrogens is 365 g/mol. The van der Waals surface area contributed by atoms with Crippen molar-refractivity contribution in [1.29, 1.82) is 0 Å². The zero-order valence-electron chi connectivity index (χ0n) is 15.4.